The van der Waals surface area contributed by atoms with E-state index in [1.165, 1.54) is 12.1 Å². The number of hydrogen-bond acceptors (Lipinski definition) is 4. The quantitative estimate of drug-likeness (QED) is 0.473. The number of carbonyl (C=O) groups is 2. The molecule has 35 heavy (non-hydrogen) atoms. The number of benzene rings is 3. The third kappa shape index (κ3) is 4.67. The molecule has 2 atom stereocenters. The zero-order valence-electron chi connectivity index (χ0n) is 19.5. The van der Waals surface area contributed by atoms with E-state index < -0.39 is 11.9 Å². The van der Waals surface area contributed by atoms with Gasteiger partial charge in [-0.25, -0.2) is 9.18 Å². The minimum Gasteiger partial charge on any atom is -0.457 e. The number of ether oxygens (including phenoxy) is 1. The molecule has 0 bridgehead atoms. The van der Waals surface area contributed by atoms with Gasteiger partial charge in [0, 0.05) is 29.3 Å². The highest BCUT2D eigenvalue weighted by atomic mass is 19.1. The van der Waals surface area contributed by atoms with E-state index in [9.17, 15) is 14.0 Å². The lowest BCUT2D eigenvalue weighted by Crippen LogP contribution is -2.36. The van der Waals surface area contributed by atoms with Gasteiger partial charge in [0.2, 0.25) is 0 Å². The van der Waals surface area contributed by atoms with Gasteiger partial charge in [-0.2, -0.15) is 0 Å². The molecule has 0 spiro atoms. The molecule has 2 aliphatic rings. The Morgan fingerprint density at radius 2 is 1.57 bits per heavy atom. The molecule has 0 unspecified atom stereocenters. The molecule has 0 saturated heterocycles. The Morgan fingerprint density at radius 1 is 0.914 bits per heavy atom. The van der Waals surface area contributed by atoms with Crippen LogP contribution in [0.25, 0.3) is 0 Å². The van der Waals surface area contributed by atoms with Crippen molar-refractivity contribution in [2.75, 3.05) is 0 Å². The topological polar surface area (TPSA) is 55.4 Å². The molecule has 176 valence electrons. The first-order valence-corrected chi connectivity index (χ1v) is 11.8. The van der Waals surface area contributed by atoms with Crippen LogP contribution in [0.15, 0.2) is 107 Å². The summed E-state index contributed by atoms with van der Waals surface area (Å²) in [6, 6.07) is 25.5. The molecular formula is C30H26FNO3. The van der Waals surface area contributed by atoms with Crippen molar-refractivity contribution in [1.29, 1.82) is 0 Å². The van der Waals surface area contributed by atoms with Crippen molar-refractivity contribution in [3.63, 3.8) is 0 Å². The third-order valence-electron chi connectivity index (χ3n) is 6.73. The van der Waals surface area contributed by atoms with E-state index in [4.69, 9.17) is 4.74 Å². The average Bonchev–Trinajstić information content (AvgIpc) is 2.88. The SMILES string of the molecule is CC1=C(C(=O)OCc2ccccc2)[C@@H](c2ccc(F)cc2)C2=C(C[C@@H](c3ccccc3)CC2=O)N1. The first-order chi connectivity index (χ1) is 17.0. The highest BCUT2D eigenvalue weighted by Gasteiger charge is 2.41. The molecular weight excluding hydrogens is 441 g/mol. The van der Waals surface area contributed by atoms with Gasteiger partial charge in [0.05, 0.1) is 5.57 Å². The molecule has 1 N–H and O–H groups in total. The maximum atomic E-state index is 13.7. The Balaban J connectivity index is 1.51. The van der Waals surface area contributed by atoms with Crippen LogP contribution >= 0.6 is 0 Å². The Morgan fingerprint density at radius 3 is 2.26 bits per heavy atom. The van der Waals surface area contributed by atoms with Crippen LogP contribution in [0.2, 0.25) is 0 Å². The van der Waals surface area contributed by atoms with Crippen molar-refractivity contribution in [3.05, 3.63) is 130 Å². The van der Waals surface area contributed by atoms with Crippen LogP contribution in [0.5, 0.6) is 0 Å². The average molecular weight is 468 g/mol. The van der Waals surface area contributed by atoms with Crippen LogP contribution in [-0.2, 0) is 20.9 Å². The minimum atomic E-state index is -0.612. The van der Waals surface area contributed by atoms with E-state index in [1.807, 2.05) is 67.6 Å². The van der Waals surface area contributed by atoms with Crippen LogP contribution in [0.3, 0.4) is 0 Å². The van der Waals surface area contributed by atoms with Crippen LogP contribution in [-0.4, -0.2) is 11.8 Å². The van der Waals surface area contributed by atoms with E-state index in [0.717, 1.165) is 16.8 Å². The first kappa shape index (κ1) is 22.8. The summed E-state index contributed by atoms with van der Waals surface area (Å²) in [7, 11) is 0. The van der Waals surface area contributed by atoms with Crippen LogP contribution in [0, 0.1) is 5.82 Å². The Kier molecular flexibility index (Phi) is 6.32. The summed E-state index contributed by atoms with van der Waals surface area (Å²) < 4.78 is 19.4. The van der Waals surface area contributed by atoms with Gasteiger partial charge in [0.1, 0.15) is 12.4 Å². The second-order valence-corrected chi connectivity index (χ2v) is 9.04. The fraction of sp³-hybridized carbons (Fsp3) is 0.200. The van der Waals surface area contributed by atoms with E-state index in [0.29, 0.717) is 35.2 Å². The lowest BCUT2D eigenvalue weighted by molar-refractivity contribution is -0.140. The van der Waals surface area contributed by atoms with Crippen molar-refractivity contribution in [2.24, 2.45) is 0 Å². The van der Waals surface area contributed by atoms with E-state index in [2.05, 4.69) is 5.32 Å². The van der Waals surface area contributed by atoms with Gasteiger partial charge in [-0.1, -0.05) is 72.8 Å². The molecule has 0 aromatic heterocycles. The number of Topliss-reactive ketones (excluding diaryl/α,β-unsaturated/α-hetero) is 1. The minimum absolute atomic E-state index is 0.0113. The molecule has 0 radical (unpaired) electrons. The largest absolute Gasteiger partial charge is 0.457 e. The van der Waals surface area contributed by atoms with Gasteiger partial charge in [0.25, 0.3) is 0 Å². The normalized spacial score (nSPS) is 19.8. The smallest absolute Gasteiger partial charge is 0.337 e. The zero-order valence-corrected chi connectivity index (χ0v) is 19.5. The lowest BCUT2D eigenvalue weighted by Gasteiger charge is -2.36. The Bertz CT molecular complexity index is 1310. The highest BCUT2D eigenvalue weighted by molar-refractivity contribution is 6.04. The third-order valence-corrected chi connectivity index (χ3v) is 6.73. The van der Waals surface area contributed by atoms with E-state index >= 15 is 0 Å². The highest BCUT2D eigenvalue weighted by Crippen LogP contribution is 2.45. The molecule has 3 aromatic rings. The number of carbonyl (C=O) groups excluding carboxylic acids is 2. The maximum absolute atomic E-state index is 13.7. The predicted molar refractivity (Wildman–Crippen MR) is 132 cm³/mol. The van der Waals surface area contributed by atoms with Gasteiger partial charge in [0.15, 0.2) is 5.78 Å². The monoisotopic (exact) mass is 467 g/mol. The van der Waals surface area contributed by atoms with Crippen LogP contribution in [0.4, 0.5) is 4.39 Å². The molecule has 4 nitrogen and oxygen atoms in total. The van der Waals surface area contributed by atoms with Crippen molar-refractivity contribution >= 4 is 11.8 Å². The van der Waals surface area contributed by atoms with Gasteiger partial charge in [-0.05, 0) is 48.1 Å². The lowest BCUT2D eigenvalue weighted by atomic mass is 9.72. The molecule has 1 aliphatic heterocycles. The first-order valence-electron chi connectivity index (χ1n) is 11.8. The van der Waals surface area contributed by atoms with Crippen LogP contribution in [0.1, 0.15) is 48.3 Å². The van der Waals surface area contributed by atoms with Crippen molar-refractivity contribution in [3.8, 4) is 0 Å². The molecule has 0 fully saturated rings. The summed E-state index contributed by atoms with van der Waals surface area (Å²) in [6.07, 6.45) is 1.01. The second-order valence-electron chi connectivity index (χ2n) is 9.04. The number of dihydropyridines is 1. The zero-order chi connectivity index (χ0) is 24.4. The van der Waals surface area contributed by atoms with E-state index in [1.54, 1.807) is 12.1 Å². The molecule has 1 heterocycles. The number of rotatable bonds is 5. The number of esters is 1. The summed E-state index contributed by atoms with van der Waals surface area (Å²) in [4.78, 5) is 26.9. The van der Waals surface area contributed by atoms with Crippen molar-refractivity contribution in [1.82, 2.24) is 5.32 Å². The van der Waals surface area contributed by atoms with Gasteiger partial charge in [-0.15, -0.1) is 0 Å². The Hall–Kier alpha value is -3.99. The fourth-order valence-corrected chi connectivity index (χ4v) is 5.06. The molecule has 0 saturated carbocycles. The second kappa shape index (κ2) is 9.71. The van der Waals surface area contributed by atoms with Gasteiger partial charge < -0.3 is 10.1 Å². The number of halogens is 1. The number of hydrogen-bond donors (Lipinski definition) is 1. The maximum Gasteiger partial charge on any atom is 0.337 e. The van der Waals surface area contributed by atoms with E-state index in [-0.39, 0.29) is 24.1 Å². The van der Waals surface area contributed by atoms with Crippen LogP contribution < -0.4 is 5.32 Å². The summed E-state index contributed by atoms with van der Waals surface area (Å²) in [5.74, 6) is -1.42. The molecule has 3 aromatic carbocycles. The summed E-state index contributed by atoms with van der Waals surface area (Å²) in [6.45, 7) is 1.96. The number of nitrogens with one attached hydrogen (secondary N) is 1. The molecule has 5 rings (SSSR count). The van der Waals surface area contributed by atoms with Gasteiger partial charge >= 0.3 is 5.97 Å². The summed E-state index contributed by atoms with van der Waals surface area (Å²) >= 11 is 0. The Labute approximate surface area is 204 Å². The number of allylic oxidation sites excluding steroid dienone is 3. The summed E-state index contributed by atoms with van der Waals surface area (Å²) in [5, 5.41) is 3.35. The molecule has 0 amide bonds. The fourth-order valence-electron chi connectivity index (χ4n) is 5.06. The molecule has 1 aliphatic carbocycles. The van der Waals surface area contributed by atoms with Crippen molar-refractivity contribution < 1.29 is 18.7 Å². The molecule has 5 heteroatoms. The standard InChI is InChI=1S/C30H26FNO3/c1-19-27(30(34)35-18-20-8-4-2-5-9-20)28(22-12-14-24(31)15-13-22)29-25(32-19)16-23(17-26(29)33)21-10-6-3-7-11-21/h2-15,23,28,32H,16-18H2,1H3/t23-,28-/m1/s1. The predicted octanol–water partition coefficient (Wildman–Crippen LogP) is 5.93. The number of ketones is 1. The summed E-state index contributed by atoms with van der Waals surface area (Å²) in [5.41, 5.74) is 5.11. The van der Waals surface area contributed by atoms with Crippen molar-refractivity contribution in [2.45, 2.75) is 38.2 Å². The van der Waals surface area contributed by atoms with Gasteiger partial charge in [-0.3, -0.25) is 4.79 Å².